The molecule has 0 radical (unpaired) electrons. The predicted octanol–water partition coefficient (Wildman–Crippen LogP) is 2.36. The van der Waals surface area contributed by atoms with Crippen molar-refractivity contribution < 1.29 is 22.7 Å². The number of hydrogen-bond donors (Lipinski definition) is 1. The summed E-state index contributed by atoms with van der Waals surface area (Å²) in [4.78, 5) is 1.95. The summed E-state index contributed by atoms with van der Waals surface area (Å²) < 4.78 is 45.5. The van der Waals surface area contributed by atoms with E-state index >= 15 is 0 Å². The Morgan fingerprint density at radius 1 is 1.10 bits per heavy atom. The normalized spacial score (nSPS) is 17.3. The standard InChI is InChI=1S/C20H24ClFN2O4S/c21-17-6-4-16(5-7-17)14-28-15-19(25)13-23-8-10-24(11-9-23)29(26,27)20-3-1-2-18(22)12-20/h1-7,12,19,25H,8-11,13-15H2. The minimum absolute atomic E-state index is 0.0402. The highest BCUT2D eigenvalue weighted by atomic mass is 35.5. The van der Waals surface area contributed by atoms with Gasteiger partial charge in [-0.2, -0.15) is 4.31 Å². The summed E-state index contributed by atoms with van der Waals surface area (Å²) in [5.74, 6) is -0.577. The lowest BCUT2D eigenvalue weighted by Gasteiger charge is -2.34. The van der Waals surface area contributed by atoms with Gasteiger partial charge in [-0.1, -0.05) is 29.8 Å². The van der Waals surface area contributed by atoms with Crippen molar-refractivity contribution in [3.05, 3.63) is 64.9 Å². The van der Waals surface area contributed by atoms with Crippen molar-refractivity contribution >= 4 is 21.6 Å². The third-order valence-electron chi connectivity index (χ3n) is 4.73. The molecule has 29 heavy (non-hydrogen) atoms. The molecule has 2 aromatic carbocycles. The lowest BCUT2D eigenvalue weighted by Crippen LogP contribution is -2.50. The first-order chi connectivity index (χ1) is 13.8. The summed E-state index contributed by atoms with van der Waals surface area (Å²) in [7, 11) is -3.71. The van der Waals surface area contributed by atoms with Crippen LogP contribution in [0.15, 0.2) is 53.4 Å². The third-order valence-corrected chi connectivity index (χ3v) is 6.87. The van der Waals surface area contributed by atoms with Crippen molar-refractivity contribution in [1.29, 1.82) is 0 Å². The van der Waals surface area contributed by atoms with E-state index in [9.17, 15) is 17.9 Å². The van der Waals surface area contributed by atoms with E-state index in [1.165, 1.54) is 22.5 Å². The van der Waals surface area contributed by atoms with Crippen molar-refractivity contribution in [2.75, 3.05) is 39.3 Å². The molecule has 1 unspecified atom stereocenters. The van der Waals surface area contributed by atoms with Crippen molar-refractivity contribution in [3.63, 3.8) is 0 Å². The van der Waals surface area contributed by atoms with Crippen LogP contribution >= 0.6 is 11.6 Å². The molecule has 9 heteroatoms. The Kier molecular flexibility index (Phi) is 7.61. The van der Waals surface area contributed by atoms with Gasteiger partial charge in [0, 0.05) is 37.7 Å². The van der Waals surface area contributed by atoms with Gasteiger partial charge in [0.25, 0.3) is 0 Å². The van der Waals surface area contributed by atoms with E-state index in [-0.39, 0.29) is 24.6 Å². The Bertz CT molecular complexity index is 903. The Hall–Kier alpha value is -1.55. The molecular formula is C20H24ClFN2O4S. The van der Waals surface area contributed by atoms with Gasteiger partial charge in [-0.15, -0.1) is 0 Å². The van der Waals surface area contributed by atoms with Crippen molar-refractivity contribution in [3.8, 4) is 0 Å². The van der Waals surface area contributed by atoms with E-state index in [0.29, 0.717) is 31.3 Å². The highest BCUT2D eigenvalue weighted by molar-refractivity contribution is 7.89. The van der Waals surface area contributed by atoms with Crippen LogP contribution in [0.2, 0.25) is 5.02 Å². The molecule has 0 aromatic heterocycles. The van der Waals surface area contributed by atoms with Gasteiger partial charge in [-0.05, 0) is 35.9 Å². The van der Waals surface area contributed by atoms with Gasteiger partial charge in [0.15, 0.2) is 0 Å². The summed E-state index contributed by atoms with van der Waals surface area (Å²) in [5.41, 5.74) is 0.970. The van der Waals surface area contributed by atoms with E-state index in [1.807, 2.05) is 17.0 Å². The molecule has 158 valence electrons. The number of β-amino-alcohol motifs (C(OH)–C–C–N with tert-alkyl or cyclic N) is 1. The zero-order valence-corrected chi connectivity index (χ0v) is 17.4. The van der Waals surface area contributed by atoms with Crippen LogP contribution in [-0.2, 0) is 21.4 Å². The zero-order valence-electron chi connectivity index (χ0n) is 15.9. The highest BCUT2D eigenvalue weighted by Crippen LogP contribution is 2.18. The maximum Gasteiger partial charge on any atom is 0.243 e. The van der Waals surface area contributed by atoms with Crippen LogP contribution in [0.3, 0.4) is 0 Å². The maximum atomic E-state index is 13.4. The van der Waals surface area contributed by atoms with Gasteiger partial charge in [0.1, 0.15) is 5.82 Å². The Labute approximate surface area is 175 Å². The van der Waals surface area contributed by atoms with Crippen LogP contribution in [0.5, 0.6) is 0 Å². The fraction of sp³-hybridized carbons (Fsp3) is 0.400. The largest absolute Gasteiger partial charge is 0.389 e. The molecule has 1 fully saturated rings. The number of hydrogen-bond acceptors (Lipinski definition) is 5. The Morgan fingerprint density at radius 2 is 1.79 bits per heavy atom. The predicted molar refractivity (Wildman–Crippen MR) is 109 cm³/mol. The van der Waals surface area contributed by atoms with Crippen LogP contribution < -0.4 is 0 Å². The number of ether oxygens (including phenoxy) is 1. The molecule has 0 spiro atoms. The third kappa shape index (κ3) is 6.21. The first-order valence-corrected chi connectivity index (χ1v) is 11.1. The number of halogens is 2. The van der Waals surface area contributed by atoms with Crippen molar-refractivity contribution in [1.82, 2.24) is 9.21 Å². The van der Waals surface area contributed by atoms with Crippen LogP contribution in [0.25, 0.3) is 0 Å². The number of piperazine rings is 1. The summed E-state index contributed by atoms with van der Waals surface area (Å²) in [5, 5.41) is 10.9. The number of aliphatic hydroxyl groups is 1. The molecule has 1 aliphatic heterocycles. The van der Waals surface area contributed by atoms with E-state index in [0.717, 1.165) is 11.6 Å². The molecule has 0 bridgehead atoms. The van der Waals surface area contributed by atoms with Crippen molar-refractivity contribution in [2.45, 2.75) is 17.6 Å². The first-order valence-electron chi connectivity index (χ1n) is 9.33. The zero-order chi connectivity index (χ0) is 20.9. The molecule has 6 nitrogen and oxygen atoms in total. The van der Waals surface area contributed by atoms with E-state index in [2.05, 4.69) is 0 Å². The van der Waals surface area contributed by atoms with Gasteiger partial charge in [0.2, 0.25) is 10.0 Å². The second-order valence-electron chi connectivity index (χ2n) is 6.96. The fourth-order valence-corrected chi connectivity index (χ4v) is 4.75. The monoisotopic (exact) mass is 442 g/mol. The van der Waals surface area contributed by atoms with Gasteiger partial charge in [-0.25, -0.2) is 12.8 Å². The molecule has 1 N–H and O–H groups in total. The minimum atomic E-state index is -3.71. The minimum Gasteiger partial charge on any atom is -0.389 e. The van der Waals surface area contributed by atoms with E-state index < -0.39 is 21.9 Å². The van der Waals surface area contributed by atoms with Crippen LogP contribution in [-0.4, -0.2) is 68.2 Å². The number of benzene rings is 2. The van der Waals surface area contributed by atoms with Crippen LogP contribution in [0, 0.1) is 5.82 Å². The van der Waals surface area contributed by atoms with E-state index in [4.69, 9.17) is 16.3 Å². The first kappa shape index (κ1) is 22.1. The maximum absolute atomic E-state index is 13.4. The van der Waals surface area contributed by atoms with Crippen LogP contribution in [0.1, 0.15) is 5.56 Å². The number of rotatable bonds is 8. The number of aliphatic hydroxyl groups excluding tert-OH is 1. The fourth-order valence-electron chi connectivity index (χ4n) is 3.17. The van der Waals surface area contributed by atoms with Crippen LogP contribution in [0.4, 0.5) is 4.39 Å². The molecule has 0 amide bonds. The average molecular weight is 443 g/mol. The van der Waals surface area contributed by atoms with Gasteiger partial charge < -0.3 is 9.84 Å². The molecule has 2 aromatic rings. The SMILES string of the molecule is O=S(=O)(c1cccc(F)c1)N1CCN(CC(O)COCc2ccc(Cl)cc2)CC1. The average Bonchev–Trinajstić information content (AvgIpc) is 2.70. The smallest absolute Gasteiger partial charge is 0.243 e. The molecule has 1 atom stereocenters. The summed E-state index contributed by atoms with van der Waals surface area (Å²) in [6, 6.07) is 12.3. The van der Waals surface area contributed by atoms with Gasteiger partial charge >= 0.3 is 0 Å². The molecule has 3 rings (SSSR count). The second kappa shape index (κ2) is 9.97. The molecule has 1 aliphatic rings. The Morgan fingerprint density at radius 3 is 2.45 bits per heavy atom. The van der Waals surface area contributed by atoms with Crippen molar-refractivity contribution in [2.24, 2.45) is 0 Å². The lowest BCUT2D eigenvalue weighted by atomic mass is 10.2. The molecule has 0 saturated carbocycles. The quantitative estimate of drug-likeness (QED) is 0.679. The molecule has 1 heterocycles. The highest BCUT2D eigenvalue weighted by Gasteiger charge is 2.29. The topological polar surface area (TPSA) is 70.1 Å². The van der Waals surface area contributed by atoms with E-state index in [1.54, 1.807) is 12.1 Å². The Balaban J connectivity index is 1.42. The molecule has 1 saturated heterocycles. The molecular weight excluding hydrogens is 419 g/mol. The summed E-state index contributed by atoms with van der Waals surface area (Å²) in [6.45, 7) is 2.52. The molecule has 0 aliphatic carbocycles. The van der Waals surface area contributed by atoms with Gasteiger partial charge in [0.05, 0.1) is 24.2 Å². The second-order valence-corrected chi connectivity index (χ2v) is 9.33. The van der Waals surface area contributed by atoms with Gasteiger partial charge in [-0.3, -0.25) is 4.90 Å². The summed E-state index contributed by atoms with van der Waals surface area (Å²) in [6.07, 6.45) is -0.673. The lowest BCUT2D eigenvalue weighted by molar-refractivity contribution is 0.00539. The number of nitrogens with zero attached hydrogens (tertiary/aromatic N) is 2. The summed E-state index contributed by atoms with van der Waals surface area (Å²) >= 11 is 5.84. The number of sulfonamides is 1.